The van der Waals surface area contributed by atoms with Gasteiger partial charge in [-0.15, -0.1) is 0 Å². The molecule has 6 heteroatoms. The molecule has 0 spiro atoms. The average Bonchev–Trinajstić information content (AvgIpc) is 2.65. The lowest BCUT2D eigenvalue weighted by Crippen LogP contribution is -2.50. The van der Waals surface area contributed by atoms with E-state index in [1.54, 1.807) is 13.2 Å². The quantitative estimate of drug-likeness (QED) is 0.862. The fourth-order valence-electron chi connectivity index (χ4n) is 3.43. The van der Waals surface area contributed by atoms with Crippen LogP contribution in [0.25, 0.3) is 0 Å². The Hall–Kier alpha value is -2.47. The minimum atomic E-state index is -0.862. The van der Waals surface area contributed by atoms with Crippen molar-refractivity contribution in [3.63, 3.8) is 0 Å². The summed E-state index contributed by atoms with van der Waals surface area (Å²) >= 11 is 0. The Morgan fingerprint density at radius 1 is 1.23 bits per heavy atom. The van der Waals surface area contributed by atoms with E-state index in [2.05, 4.69) is 10.6 Å². The zero-order chi connectivity index (χ0) is 18.5. The summed E-state index contributed by atoms with van der Waals surface area (Å²) < 4.78 is 32.1. The van der Waals surface area contributed by atoms with Crippen LogP contribution < -0.4 is 15.4 Å². The van der Waals surface area contributed by atoms with E-state index in [9.17, 15) is 13.6 Å². The number of ether oxygens (including phenoxy) is 1. The third-order valence-corrected chi connectivity index (χ3v) is 4.74. The van der Waals surface area contributed by atoms with Crippen molar-refractivity contribution in [3.8, 4) is 5.75 Å². The van der Waals surface area contributed by atoms with Crippen LogP contribution in [0.2, 0.25) is 0 Å². The Morgan fingerprint density at radius 2 is 2.04 bits per heavy atom. The first-order valence-corrected chi connectivity index (χ1v) is 8.65. The maximum Gasteiger partial charge on any atom is 0.224 e. The highest BCUT2D eigenvalue weighted by atomic mass is 19.2. The number of carbonyl (C=O) groups excluding carboxylic acids is 1. The third kappa shape index (κ3) is 4.19. The van der Waals surface area contributed by atoms with Gasteiger partial charge in [0, 0.05) is 24.1 Å². The van der Waals surface area contributed by atoms with Crippen molar-refractivity contribution in [2.24, 2.45) is 0 Å². The molecule has 2 aromatic carbocycles. The Morgan fingerprint density at radius 3 is 2.81 bits per heavy atom. The number of hydrogen-bond acceptors (Lipinski definition) is 3. The largest absolute Gasteiger partial charge is 0.496 e. The standard InChI is InChI=1S/C20H22F2N2O2/c1-26-19-5-3-2-4-14(19)11-20(25)24-18-12-23-9-8-15(18)13-6-7-16(21)17(22)10-13/h2-7,10,15,18,23H,8-9,11-12H2,1H3,(H,24,25). The molecule has 4 nitrogen and oxygen atoms in total. The number of benzene rings is 2. The molecule has 0 saturated carbocycles. The molecule has 2 unspecified atom stereocenters. The number of amides is 1. The predicted octanol–water partition coefficient (Wildman–Crippen LogP) is 2.78. The van der Waals surface area contributed by atoms with Crippen LogP contribution in [-0.2, 0) is 11.2 Å². The van der Waals surface area contributed by atoms with E-state index in [1.165, 1.54) is 6.07 Å². The molecule has 0 bridgehead atoms. The van der Waals surface area contributed by atoms with Crippen LogP contribution in [0.3, 0.4) is 0 Å². The van der Waals surface area contributed by atoms with Crippen molar-refractivity contribution in [2.75, 3.05) is 20.2 Å². The molecule has 1 aliphatic rings. The number of rotatable bonds is 5. The molecule has 0 aromatic heterocycles. The summed E-state index contributed by atoms with van der Waals surface area (Å²) in [6, 6.07) is 11.1. The van der Waals surface area contributed by atoms with Gasteiger partial charge < -0.3 is 15.4 Å². The highest BCUT2D eigenvalue weighted by Crippen LogP contribution is 2.27. The van der Waals surface area contributed by atoms with Crippen LogP contribution in [0, 0.1) is 11.6 Å². The fraction of sp³-hybridized carbons (Fsp3) is 0.350. The van der Waals surface area contributed by atoms with Gasteiger partial charge in [0.25, 0.3) is 0 Å². The SMILES string of the molecule is COc1ccccc1CC(=O)NC1CNCCC1c1ccc(F)c(F)c1. The van der Waals surface area contributed by atoms with Crippen LogP contribution in [-0.4, -0.2) is 32.1 Å². The van der Waals surface area contributed by atoms with Gasteiger partial charge in [-0.2, -0.15) is 0 Å². The van der Waals surface area contributed by atoms with Crippen molar-refractivity contribution < 1.29 is 18.3 Å². The molecular formula is C20H22F2N2O2. The molecule has 2 atom stereocenters. The first-order chi connectivity index (χ1) is 12.6. The highest BCUT2D eigenvalue weighted by Gasteiger charge is 2.28. The molecule has 3 rings (SSSR count). The van der Waals surface area contributed by atoms with Gasteiger partial charge in [0.2, 0.25) is 5.91 Å². The molecule has 1 amide bonds. The molecule has 0 radical (unpaired) electrons. The summed E-state index contributed by atoms with van der Waals surface area (Å²) in [6.45, 7) is 1.35. The number of para-hydroxylation sites is 1. The van der Waals surface area contributed by atoms with Gasteiger partial charge in [0.15, 0.2) is 11.6 Å². The number of methoxy groups -OCH3 is 1. The smallest absolute Gasteiger partial charge is 0.224 e. The number of hydrogen-bond donors (Lipinski definition) is 2. The number of carbonyl (C=O) groups is 1. The van der Waals surface area contributed by atoms with Crippen LogP contribution in [0.4, 0.5) is 8.78 Å². The van der Waals surface area contributed by atoms with Crippen LogP contribution >= 0.6 is 0 Å². The van der Waals surface area contributed by atoms with Gasteiger partial charge in [0.05, 0.1) is 13.5 Å². The van der Waals surface area contributed by atoms with E-state index < -0.39 is 11.6 Å². The second-order valence-corrected chi connectivity index (χ2v) is 6.44. The molecule has 0 aliphatic carbocycles. The van der Waals surface area contributed by atoms with Crippen LogP contribution in [0.15, 0.2) is 42.5 Å². The van der Waals surface area contributed by atoms with Crippen molar-refractivity contribution in [3.05, 3.63) is 65.2 Å². The Kier molecular flexibility index (Phi) is 5.83. The van der Waals surface area contributed by atoms with Gasteiger partial charge in [-0.1, -0.05) is 24.3 Å². The van der Waals surface area contributed by atoms with Gasteiger partial charge in [0.1, 0.15) is 5.75 Å². The lowest BCUT2D eigenvalue weighted by atomic mass is 9.86. The lowest BCUT2D eigenvalue weighted by molar-refractivity contribution is -0.121. The fourth-order valence-corrected chi connectivity index (χ4v) is 3.43. The molecule has 1 heterocycles. The summed E-state index contributed by atoms with van der Waals surface area (Å²) in [7, 11) is 1.57. The molecule has 1 aliphatic heterocycles. The molecule has 2 N–H and O–H groups in total. The maximum atomic E-state index is 13.6. The minimum Gasteiger partial charge on any atom is -0.496 e. The molecule has 138 valence electrons. The van der Waals surface area contributed by atoms with Crippen molar-refractivity contribution in [1.82, 2.24) is 10.6 Å². The Labute approximate surface area is 151 Å². The summed E-state index contributed by atoms with van der Waals surface area (Å²) in [5.41, 5.74) is 1.51. The Balaban J connectivity index is 1.71. The van der Waals surface area contributed by atoms with Crippen molar-refractivity contribution in [1.29, 1.82) is 0 Å². The summed E-state index contributed by atoms with van der Waals surface area (Å²) in [5.74, 6) is -1.25. The number of nitrogens with one attached hydrogen (secondary N) is 2. The first kappa shape index (κ1) is 18.3. The first-order valence-electron chi connectivity index (χ1n) is 8.65. The van der Waals surface area contributed by atoms with E-state index in [1.807, 2.05) is 24.3 Å². The van der Waals surface area contributed by atoms with Gasteiger partial charge in [-0.3, -0.25) is 4.79 Å². The maximum absolute atomic E-state index is 13.6. The normalized spacial score (nSPS) is 19.8. The van der Waals surface area contributed by atoms with Crippen molar-refractivity contribution in [2.45, 2.75) is 24.8 Å². The van der Waals surface area contributed by atoms with E-state index in [0.29, 0.717) is 17.9 Å². The second-order valence-electron chi connectivity index (χ2n) is 6.44. The lowest BCUT2D eigenvalue weighted by Gasteiger charge is -2.33. The molecule has 26 heavy (non-hydrogen) atoms. The summed E-state index contributed by atoms with van der Waals surface area (Å²) in [6.07, 6.45) is 0.940. The molecule has 2 aromatic rings. The van der Waals surface area contributed by atoms with E-state index >= 15 is 0 Å². The highest BCUT2D eigenvalue weighted by molar-refractivity contribution is 5.79. The Bertz CT molecular complexity index is 782. The van der Waals surface area contributed by atoms with Gasteiger partial charge in [-0.25, -0.2) is 8.78 Å². The predicted molar refractivity (Wildman–Crippen MR) is 95.2 cm³/mol. The number of piperidine rings is 1. The average molecular weight is 360 g/mol. The van der Waals surface area contributed by atoms with Gasteiger partial charge >= 0.3 is 0 Å². The zero-order valence-electron chi connectivity index (χ0n) is 14.6. The van der Waals surface area contributed by atoms with E-state index in [-0.39, 0.29) is 24.3 Å². The molecular weight excluding hydrogens is 338 g/mol. The number of halogens is 2. The summed E-state index contributed by atoms with van der Waals surface area (Å²) in [5, 5.41) is 6.27. The van der Waals surface area contributed by atoms with E-state index in [4.69, 9.17) is 4.74 Å². The molecule has 1 fully saturated rings. The third-order valence-electron chi connectivity index (χ3n) is 4.74. The summed E-state index contributed by atoms with van der Waals surface area (Å²) in [4.78, 5) is 12.5. The minimum absolute atomic E-state index is 0.0621. The monoisotopic (exact) mass is 360 g/mol. The second kappa shape index (κ2) is 8.27. The zero-order valence-corrected chi connectivity index (χ0v) is 14.6. The topological polar surface area (TPSA) is 50.4 Å². The van der Waals surface area contributed by atoms with Crippen LogP contribution in [0.5, 0.6) is 5.75 Å². The molecule has 1 saturated heterocycles. The van der Waals surface area contributed by atoms with Crippen LogP contribution in [0.1, 0.15) is 23.5 Å². The van der Waals surface area contributed by atoms with E-state index in [0.717, 1.165) is 24.6 Å². The van der Waals surface area contributed by atoms with Gasteiger partial charge in [-0.05, 0) is 36.7 Å². The van der Waals surface area contributed by atoms with Crippen molar-refractivity contribution >= 4 is 5.91 Å².